The third kappa shape index (κ3) is 3.12. The Morgan fingerprint density at radius 3 is 2.73 bits per heavy atom. The Balaban J connectivity index is 1.74. The molecule has 3 heterocycles. The molecule has 5 rings (SSSR count). The first kappa shape index (κ1) is 18.7. The molecule has 2 aromatic carbocycles. The Morgan fingerprint density at radius 2 is 1.97 bits per heavy atom. The van der Waals surface area contributed by atoms with Gasteiger partial charge in [-0.1, -0.05) is 35.9 Å². The van der Waals surface area contributed by atoms with Gasteiger partial charge in [0.2, 0.25) is 0 Å². The zero-order chi connectivity index (χ0) is 20.7. The van der Waals surface area contributed by atoms with E-state index in [-0.39, 0.29) is 0 Å². The molecule has 0 saturated carbocycles. The number of hydrogen-bond donors (Lipinski definition) is 1. The summed E-state index contributed by atoms with van der Waals surface area (Å²) in [6, 6.07) is 15.0. The third-order valence-corrected chi connectivity index (χ3v) is 5.63. The van der Waals surface area contributed by atoms with Crippen LogP contribution in [-0.4, -0.2) is 21.3 Å². The SMILES string of the molecule is OC1C=Cc2cnc3ccc(-c4cccnc4)cc3c2N1c1ccc(CF)c(Cl)c1. The van der Waals surface area contributed by atoms with Crippen LogP contribution in [0.15, 0.2) is 73.2 Å². The molecule has 0 aliphatic carbocycles. The summed E-state index contributed by atoms with van der Waals surface area (Å²) in [6.07, 6.45) is 7.99. The van der Waals surface area contributed by atoms with Gasteiger partial charge in [0.15, 0.2) is 6.23 Å². The minimum atomic E-state index is -0.891. The van der Waals surface area contributed by atoms with E-state index >= 15 is 0 Å². The number of halogens is 2. The predicted octanol–water partition coefficient (Wildman–Crippen LogP) is 5.90. The number of fused-ring (bicyclic) bond motifs is 3. The van der Waals surface area contributed by atoms with E-state index in [9.17, 15) is 9.50 Å². The second-order valence-corrected chi connectivity index (χ2v) is 7.50. The molecule has 2 aromatic heterocycles. The second-order valence-electron chi connectivity index (χ2n) is 7.09. The van der Waals surface area contributed by atoms with Gasteiger partial charge >= 0.3 is 0 Å². The van der Waals surface area contributed by atoms with E-state index in [4.69, 9.17) is 11.6 Å². The van der Waals surface area contributed by atoms with Crippen molar-refractivity contribution in [2.24, 2.45) is 0 Å². The summed E-state index contributed by atoms with van der Waals surface area (Å²) in [5, 5.41) is 12.0. The van der Waals surface area contributed by atoms with Crippen molar-refractivity contribution in [2.45, 2.75) is 12.9 Å². The van der Waals surface area contributed by atoms with Crippen molar-refractivity contribution in [3.05, 3.63) is 89.3 Å². The Labute approximate surface area is 177 Å². The van der Waals surface area contributed by atoms with Crippen LogP contribution in [0.3, 0.4) is 0 Å². The first-order valence-electron chi connectivity index (χ1n) is 9.49. The van der Waals surface area contributed by atoms with E-state index in [1.807, 2.05) is 36.5 Å². The van der Waals surface area contributed by atoms with E-state index in [1.165, 1.54) is 0 Å². The summed E-state index contributed by atoms with van der Waals surface area (Å²) in [5.74, 6) is 0. The van der Waals surface area contributed by atoms with Gasteiger partial charge in [0.05, 0.1) is 11.2 Å². The highest BCUT2D eigenvalue weighted by atomic mass is 35.5. The standard InChI is InChI=1S/C24H17ClFN3O/c25-21-11-19(6-3-16(21)12-26)29-23(30)8-5-18-14-28-22-7-4-15(10-20(22)24(18)29)17-2-1-9-27-13-17/h1-11,13-14,23,30H,12H2. The molecule has 4 aromatic rings. The topological polar surface area (TPSA) is 49.3 Å². The average molecular weight is 418 g/mol. The quantitative estimate of drug-likeness (QED) is 0.450. The molecular weight excluding hydrogens is 401 g/mol. The van der Waals surface area contributed by atoms with E-state index < -0.39 is 12.9 Å². The molecule has 4 nitrogen and oxygen atoms in total. The molecule has 0 spiro atoms. The van der Waals surface area contributed by atoms with Gasteiger partial charge < -0.3 is 10.0 Å². The van der Waals surface area contributed by atoms with Gasteiger partial charge in [-0.2, -0.15) is 0 Å². The lowest BCUT2D eigenvalue weighted by Gasteiger charge is -2.33. The third-order valence-electron chi connectivity index (χ3n) is 5.27. The summed E-state index contributed by atoms with van der Waals surface area (Å²) in [6.45, 7) is -0.639. The molecular formula is C24H17ClFN3O. The number of anilines is 2. The number of benzene rings is 2. The number of nitrogens with zero attached hydrogens (tertiary/aromatic N) is 3. The Hall–Kier alpha value is -3.28. The maximum absolute atomic E-state index is 13.1. The van der Waals surface area contributed by atoms with Gasteiger partial charge in [0, 0.05) is 51.4 Å². The number of pyridine rings is 2. The summed E-state index contributed by atoms with van der Waals surface area (Å²) >= 11 is 6.26. The Kier molecular flexibility index (Phi) is 4.69. The molecule has 148 valence electrons. The van der Waals surface area contributed by atoms with Crippen LogP contribution in [0.4, 0.5) is 15.8 Å². The molecule has 6 heteroatoms. The Bertz CT molecular complexity index is 1280. The monoisotopic (exact) mass is 417 g/mol. The lowest BCUT2D eigenvalue weighted by molar-refractivity contribution is 0.229. The van der Waals surface area contributed by atoms with Crippen LogP contribution in [0.1, 0.15) is 11.1 Å². The van der Waals surface area contributed by atoms with Crippen molar-refractivity contribution in [3.8, 4) is 11.1 Å². The van der Waals surface area contributed by atoms with Gasteiger partial charge in [0.25, 0.3) is 0 Å². The predicted molar refractivity (Wildman–Crippen MR) is 118 cm³/mol. The minimum absolute atomic E-state index is 0.327. The van der Waals surface area contributed by atoms with Gasteiger partial charge in [-0.15, -0.1) is 0 Å². The Morgan fingerprint density at radius 1 is 1.07 bits per heavy atom. The molecule has 1 aliphatic heterocycles. The van der Waals surface area contributed by atoms with Crippen molar-refractivity contribution < 1.29 is 9.50 Å². The highest BCUT2D eigenvalue weighted by molar-refractivity contribution is 6.31. The lowest BCUT2D eigenvalue weighted by atomic mass is 9.99. The molecule has 1 N–H and O–H groups in total. The smallest absolute Gasteiger partial charge is 0.150 e. The minimum Gasteiger partial charge on any atom is -0.370 e. The molecule has 0 bridgehead atoms. The summed E-state index contributed by atoms with van der Waals surface area (Å²) < 4.78 is 13.1. The van der Waals surface area contributed by atoms with Gasteiger partial charge in [-0.3, -0.25) is 9.97 Å². The van der Waals surface area contributed by atoms with Crippen LogP contribution in [-0.2, 0) is 6.67 Å². The van der Waals surface area contributed by atoms with Crippen molar-refractivity contribution in [3.63, 3.8) is 0 Å². The molecule has 1 atom stereocenters. The fourth-order valence-electron chi connectivity index (χ4n) is 3.78. The second kappa shape index (κ2) is 7.52. The number of alkyl halides is 1. The zero-order valence-electron chi connectivity index (χ0n) is 15.8. The van der Waals surface area contributed by atoms with Crippen LogP contribution >= 0.6 is 11.6 Å². The number of aliphatic hydroxyl groups is 1. The van der Waals surface area contributed by atoms with E-state index in [2.05, 4.69) is 16.0 Å². The number of hydrogen-bond acceptors (Lipinski definition) is 4. The van der Waals surface area contributed by atoms with Crippen LogP contribution in [0, 0.1) is 0 Å². The van der Waals surface area contributed by atoms with Crippen molar-refractivity contribution in [1.82, 2.24) is 9.97 Å². The van der Waals surface area contributed by atoms with Crippen LogP contribution in [0.25, 0.3) is 28.1 Å². The largest absolute Gasteiger partial charge is 0.370 e. The molecule has 1 unspecified atom stereocenters. The first-order chi connectivity index (χ1) is 14.7. The summed E-state index contributed by atoms with van der Waals surface area (Å²) in [5.41, 5.74) is 5.59. The van der Waals surface area contributed by atoms with Crippen LogP contribution < -0.4 is 4.90 Å². The molecule has 0 amide bonds. The fraction of sp³-hybridized carbons (Fsp3) is 0.0833. The number of aliphatic hydroxyl groups excluding tert-OH is 1. The normalized spacial score (nSPS) is 15.4. The molecule has 0 fully saturated rings. The lowest BCUT2D eigenvalue weighted by Crippen LogP contribution is -2.31. The molecule has 0 radical (unpaired) electrons. The number of aromatic nitrogens is 2. The van der Waals surface area contributed by atoms with Gasteiger partial charge in [-0.05, 0) is 42.0 Å². The van der Waals surface area contributed by atoms with E-state index in [0.29, 0.717) is 16.3 Å². The fourth-order valence-corrected chi connectivity index (χ4v) is 4.01. The number of rotatable bonds is 3. The van der Waals surface area contributed by atoms with E-state index in [1.54, 1.807) is 41.6 Å². The molecule has 1 aliphatic rings. The average Bonchev–Trinajstić information content (AvgIpc) is 2.79. The van der Waals surface area contributed by atoms with Crippen molar-refractivity contribution in [1.29, 1.82) is 0 Å². The van der Waals surface area contributed by atoms with Crippen molar-refractivity contribution in [2.75, 3.05) is 4.90 Å². The maximum atomic E-state index is 13.1. The van der Waals surface area contributed by atoms with Crippen LogP contribution in [0.5, 0.6) is 0 Å². The highest BCUT2D eigenvalue weighted by Crippen LogP contribution is 2.41. The van der Waals surface area contributed by atoms with Crippen LogP contribution in [0.2, 0.25) is 5.02 Å². The summed E-state index contributed by atoms with van der Waals surface area (Å²) in [7, 11) is 0. The first-order valence-corrected chi connectivity index (χ1v) is 9.86. The maximum Gasteiger partial charge on any atom is 0.150 e. The van der Waals surface area contributed by atoms with Crippen molar-refractivity contribution >= 4 is 40.0 Å². The highest BCUT2D eigenvalue weighted by Gasteiger charge is 2.25. The van der Waals surface area contributed by atoms with E-state index in [0.717, 1.165) is 33.3 Å². The van der Waals surface area contributed by atoms with Gasteiger partial charge in [0.1, 0.15) is 6.67 Å². The summed E-state index contributed by atoms with van der Waals surface area (Å²) in [4.78, 5) is 10.6. The molecule has 30 heavy (non-hydrogen) atoms. The van der Waals surface area contributed by atoms with Gasteiger partial charge in [-0.25, -0.2) is 4.39 Å². The zero-order valence-corrected chi connectivity index (χ0v) is 16.6. The molecule has 0 saturated heterocycles.